The fourth-order valence-electron chi connectivity index (χ4n) is 2.59. The van der Waals surface area contributed by atoms with Crippen LogP contribution in [0, 0.1) is 0 Å². The molecule has 0 aliphatic carbocycles. The zero-order chi connectivity index (χ0) is 13.5. The van der Waals surface area contributed by atoms with E-state index in [2.05, 4.69) is 28.2 Å². The molecule has 1 fully saturated rings. The van der Waals surface area contributed by atoms with E-state index in [-0.39, 0.29) is 0 Å². The van der Waals surface area contributed by atoms with Gasteiger partial charge in [0.15, 0.2) is 0 Å². The highest BCUT2D eigenvalue weighted by Gasteiger charge is 2.19. The van der Waals surface area contributed by atoms with Gasteiger partial charge in [0.05, 0.1) is 12.3 Å². The summed E-state index contributed by atoms with van der Waals surface area (Å²) in [5.74, 6) is 0.723. The minimum Gasteiger partial charge on any atom is -0.476 e. The number of nitrogens with one attached hydrogen (secondary N) is 1. The van der Waals surface area contributed by atoms with Gasteiger partial charge in [-0.2, -0.15) is 0 Å². The zero-order valence-electron chi connectivity index (χ0n) is 12.1. The highest BCUT2D eigenvalue weighted by molar-refractivity contribution is 5.52. The van der Waals surface area contributed by atoms with Crippen LogP contribution in [0.1, 0.15) is 33.1 Å². The molecule has 4 nitrogen and oxygen atoms in total. The maximum atomic E-state index is 5.55. The largest absolute Gasteiger partial charge is 0.476 e. The van der Waals surface area contributed by atoms with Crippen molar-refractivity contribution in [1.82, 2.24) is 9.88 Å². The average molecular weight is 263 g/mol. The SMILES string of the molecule is CCCN1CCC(Nc2cccnc2OCC)CC1. The first kappa shape index (κ1) is 14.1. The van der Waals surface area contributed by atoms with Crippen molar-refractivity contribution in [2.24, 2.45) is 0 Å². The molecule has 0 unspecified atom stereocenters. The molecule has 0 aromatic carbocycles. The molecule has 0 amide bonds. The molecule has 1 aliphatic rings. The van der Waals surface area contributed by atoms with Gasteiger partial charge in [0.25, 0.3) is 0 Å². The van der Waals surface area contributed by atoms with Crippen LogP contribution in [0.25, 0.3) is 0 Å². The fraction of sp³-hybridized carbons (Fsp3) is 0.667. The van der Waals surface area contributed by atoms with Crippen LogP contribution in [0.4, 0.5) is 5.69 Å². The predicted molar refractivity (Wildman–Crippen MR) is 78.8 cm³/mol. The third kappa shape index (κ3) is 4.10. The Morgan fingerprint density at radius 2 is 2.16 bits per heavy atom. The summed E-state index contributed by atoms with van der Waals surface area (Å²) in [4.78, 5) is 6.83. The van der Waals surface area contributed by atoms with Gasteiger partial charge in [-0.05, 0) is 44.9 Å². The predicted octanol–water partition coefficient (Wildman–Crippen LogP) is 2.77. The summed E-state index contributed by atoms with van der Waals surface area (Å²) in [6, 6.07) is 4.55. The van der Waals surface area contributed by atoms with Gasteiger partial charge >= 0.3 is 0 Å². The highest BCUT2D eigenvalue weighted by atomic mass is 16.5. The maximum absolute atomic E-state index is 5.55. The van der Waals surface area contributed by atoms with E-state index < -0.39 is 0 Å². The molecule has 2 heterocycles. The van der Waals surface area contributed by atoms with Gasteiger partial charge in [-0.3, -0.25) is 0 Å². The molecule has 1 aromatic rings. The second kappa shape index (κ2) is 7.34. The minimum atomic E-state index is 0.538. The van der Waals surface area contributed by atoms with Crippen molar-refractivity contribution in [2.45, 2.75) is 39.2 Å². The van der Waals surface area contributed by atoms with Crippen LogP contribution in [0.3, 0.4) is 0 Å². The average Bonchev–Trinajstić information content (AvgIpc) is 2.44. The third-order valence-electron chi connectivity index (χ3n) is 3.54. The lowest BCUT2D eigenvalue weighted by atomic mass is 10.0. The first-order valence-corrected chi connectivity index (χ1v) is 7.40. The number of aromatic nitrogens is 1. The van der Waals surface area contributed by atoms with Crippen LogP contribution < -0.4 is 10.1 Å². The van der Waals surface area contributed by atoms with Crippen LogP contribution >= 0.6 is 0 Å². The Morgan fingerprint density at radius 3 is 2.84 bits per heavy atom. The van der Waals surface area contributed by atoms with Gasteiger partial charge in [-0.25, -0.2) is 4.98 Å². The van der Waals surface area contributed by atoms with E-state index >= 15 is 0 Å². The first-order valence-electron chi connectivity index (χ1n) is 7.40. The number of hydrogen-bond donors (Lipinski definition) is 1. The number of pyridine rings is 1. The lowest BCUT2D eigenvalue weighted by Crippen LogP contribution is -2.39. The van der Waals surface area contributed by atoms with E-state index in [9.17, 15) is 0 Å². The Labute approximate surface area is 116 Å². The Bertz CT molecular complexity index is 375. The second-order valence-corrected chi connectivity index (χ2v) is 5.05. The summed E-state index contributed by atoms with van der Waals surface area (Å²) >= 11 is 0. The standard InChI is InChI=1S/C15H25N3O/c1-3-10-18-11-7-13(8-12-18)17-14-6-5-9-16-15(14)19-4-2/h5-6,9,13,17H,3-4,7-8,10-12H2,1-2H3. The van der Waals surface area contributed by atoms with Crippen LogP contribution in [-0.4, -0.2) is 42.2 Å². The monoisotopic (exact) mass is 263 g/mol. The van der Waals surface area contributed by atoms with E-state index in [1.807, 2.05) is 13.0 Å². The molecule has 2 rings (SSSR count). The number of anilines is 1. The molecule has 1 saturated heterocycles. The van der Waals surface area contributed by atoms with Gasteiger partial charge in [0.2, 0.25) is 5.88 Å². The van der Waals surface area contributed by atoms with E-state index in [1.165, 1.54) is 38.9 Å². The van der Waals surface area contributed by atoms with Gasteiger partial charge < -0.3 is 15.0 Å². The summed E-state index contributed by atoms with van der Waals surface area (Å²) in [6.07, 6.45) is 5.41. The van der Waals surface area contributed by atoms with Crippen molar-refractivity contribution in [1.29, 1.82) is 0 Å². The number of hydrogen-bond acceptors (Lipinski definition) is 4. The van der Waals surface area contributed by atoms with Gasteiger partial charge in [-0.1, -0.05) is 6.92 Å². The van der Waals surface area contributed by atoms with Crippen molar-refractivity contribution >= 4 is 5.69 Å². The van der Waals surface area contributed by atoms with Gasteiger partial charge in [-0.15, -0.1) is 0 Å². The topological polar surface area (TPSA) is 37.4 Å². The molecule has 0 saturated carbocycles. The Kier molecular flexibility index (Phi) is 5.45. The molecule has 0 atom stereocenters. The zero-order valence-corrected chi connectivity index (χ0v) is 12.1. The van der Waals surface area contributed by atoms with Crippen LogP contribution in [0.15, 0.2) is 18.3 Å². The molecule has 106 valence electrons. The molecule has 1 N–H and O–H groups in total. The van der Waals surface area contributed by atoms with Crippen molar-refractivity contribution in [3.63, 3.8) is 0 Å². The second-order valence-electron chi connectivity index (χ2n) is 5.05. The van der Waals surface area contributed by atoms with Crippen molar-refractivity contribution < 1.29 is 4.74 Å². The van der Waals surface area contributed by atoms with Gasteiger partial charge in [0, 0.05) is 25.3 Å². The summed E-state index contributed by atoms with van der Waals surface area (Å²) in [5.41, 5.74) is 1.03. The number of likely N-dealkylation sites (tertiary alicyclic amines) is 1. The van der Waals surface area contributed by atoms with Crippen molar-refractivity contribution in [3.8, 4) is 5.88 Å². The molecule has 0 bridgehead atoms. The molecule has 0 radical (unpaired) electrons. The summed E-state index contributed by atoms with van der Waals surface area (Å²) < 4.78 is 5.55. The Morgan fingerprint density at radius 1 is 1.37 bits per heavy atom. The maximum Gasteiger partial charge on any atom is 0.237 e. The number of ether oxygens (including phenoxy) is 1. The minimum absolute atomic E-state index is 0.538. The van der Waals surface area contributed by atoms with Crippen molar-refractivity contribution in [3.05, 3.63) is 18.3 Å². The lowest BCUT2D eigenvalue weighted by molar-refractivity contribution is 0.219. The van der Waals surface area contributed by atoms with Crippen molar-refractivity contribution in [2.75, 3.05) is 31.6 Å². The highest BCUT2D eigenvalue weighted by Crippen LogP contribution is 2.24. The fourth-order valence-corrected chi connectivity index (χ4v) is 2.59. The molecular formula is C15H25N3O. The molecule has 0 spiro atoms. The lowest BCUT2D eigenvalue weighted by Gasteiger charge is -2.32. The molecular weight excluding hydrogens is 238 g/mol. The van der Waals surface area contributed by atoms with E-state index in [1.54, 1.807) is 6.20 Å². The van der Waals surface area contributed by atoms with Crippen LogP contribution in [0.2, 0.25) is 0 Å². The molecule has 1 aromatic heterocycles. The van der Waals surface area contributed by atoms with E-state index in [4.69, 9.17) is 4.74 Å². The quantitative estimate of drug-likeness (QED) is 0.856. The Balaban J connectivity index is 1.88. The third-order valence-corrected chi connectivity index (χ3v) is 3.54. The normalized spacial score (nSPS) is 17.4. The molecule has 19 heavy (non-hydrogen) atoms. The smallest absolute Gasteiger partial charge is 0.237 e. The number of nitrogens with zero attached hydrogens (tertiary/aromatic N) is 2. The summed E-state index contributed by atoms with van der Waals surface area (Å²) in [6.45, 7) is 8.49. The molecule has 4 heteroatoms. The number of rotatable bonds is 6. The number of piperidine rings is 1. The van der Waals surface area contributed by atoms with E-state index in [0.717, 1.165) is 11.6 Å². The molecule has 1 aliphatic heterocycles. The van der Waals surface area contributed by atoms with Crippen LogP contribution in [0.5, 0.6) is 5.88 Å². The Hall–Kier alpha value is -1.29. The van der Waals surface area contributed by atoms with Crippen LogP contribution in [-0.2, 0) is 0 Å². The van der Waals surface area contributed by atoms with Gasteiger partial charge in [0.1, 0.15) is 0 Å². The summed E-state index contributed by atoms with van der Waals surface area (Å²) in [5, 5.41) is 3.58. The first-order chi connectivity index (χ1) is 9.33. The van der Waals surface area contributed by atoms with E-state index in [0.29, 0.717) is 12.6 Å². The summed E-state index contributed by atoms with van der Waals surface area (Å²) in [7, 11) is 0.